The van der Waals surface area contributed by atoms with Crippen LogP contribution in [0.5, 0.6) is 0 Å². The smallest absolute Gasteiger partial charge is 0.245 e. The third-order valence-corrected chi connectivity index (χ3v) is 2.50. The summed E-state index contributed by atoms with van der Waals surface area (Å²) >= 11 is 0. The van der Waals surface area contributed by atoms with E-state index in [0.29, 0.717) is 5.89 Å². The molecule has 3 nitrogen and oxygen atoms in total. The number of fused-ring (bicyclic) bond motifs is 1. The molecule has 3 aromatic rings. The van der Waals surface area contributed by atoms with Gasteiger partial charge < -0.3 is 4.42 Å². The fourth-order valence-electron chi connectivity index (χ4n) is 1.75. The fraction of sp³-hybridized carbons (Fsp3) is 0.0769. The summed E-state index contributed by atoms with van der Waals surface area (Å²) in [5.41, 5.74) is 1.66. The molecule has 0 saturated heterocycles. The van der Waals surface area contributed by atoms with Crippen LogP contribution in [0.15, 0.2) is 47.2 Å². The summed E-state index contributed by atoms with van der Waals surface area (Å²) in [6, 6.07) is 10.1. The summed E-state index contributed by atoms with van der Waals surface area (Å²) in [5, 5.41) is 2.20. The molecule has 0 spiro atoms. The van der Waals surface area contributed by atoms with Gasteiger partial charge in [0.2, 0.25) is 5.89 Å². The maximum absolute atomic E-state index is 5.38. The monoisotopic (exact) mass is 210 g/mol. The summed E-state index contributed by atoms with van der Waals surface area (Å²) in [6.07, 6.45) is 3.41. The molecule has 0 aliphatic rings. The zero-order chi connectivity index (χ0) is 11.0. The van der Waals surface area contributed by atoms with Crippen molar-refractivity contribution in [3.63, 3.8) is 0 Å². The van der Waals surface area contributed by atoms with Crippen LogP contribution in [0.2, 0.25) is 0 Å². The second-order valence-electron chi connectivity index (χ2n) is 3.67. The number of hydrogen-bond donors (Lipinski definition) is 0. The van der Waals surface area contributed by atoms with Crippen LogP contribution in [0.3, 0.4) is 0 Å². The van der Waals surface area contributed by atoms with Crippen LogP contribution < -0.4 is 0 Å². The molecule has 78 valence electrons. The first-order valence-electron chi connectivity index (χ1n) is 5.11. The van der Waals surface area contributed by atoms with Crippen molar-refractivity contribution >= 4 is 10.8 Å². The number of aryl methyl sites for hydroxylation is 1. The second-order valence-corrected chi connectivity index (χ2v) is 3.67. The highest BCUT2D eigenvalue weighted by Gasteiger charge is 2.09. The first-order valence-corrected chi connectivity index (χ1v) is 5.11. The van der Waals surface area contributed by atoms with E-state index in [4.69, 9.17) is 4.42 Å². The molecular formula is C13H10N2O. The molecule has 0 aliphatic carbocycles. The van der Waals surface area contributed by atoms with Gasteiger partial charge in [0, 0.05) is 11.6 Å². The zero-order valence-electron chi connectivity index (χ0n) is 8.84. The van der Waals surface area contributed by atoms with Gasteiger partial charge in [-0.05, 0) is 18.4 Å². The van der Waals surface area contributed by atoms with E-state index in [1.807, 2.05) is 31.2 Å². The molecule has 2 aromatic heterocycles. The molecule has 3 rings (SSSR count). The molecule has 16 heavy (non-hydrogen) atoms. The predicted octanol–water partition coefficient (Wildman–Crippen LogP) is 3.20. The van der Waals surface area contributed by atoms with Crippen molar-refractivity contribution in [1.29, 1.82) is 0 Å². The van der Waals surface area contributed by atoms with Gasteiger partial charge in [0.05, 0.1) is 5.69 Å². The van der Waals surface area contributed by atoms with E-state index in [0.717, 1.165) is 22.2 Å². The minimum Gasteiger partial charge on any atom is -0.443 e. The Hall–Kier alpha value is -2.16. The Balaban J connectivity index is 2.31. The molecule has 0 unspecified atom stereocenters. The Bertz CT molecular complexity index is 638. The number of aromatic nitrogens is 2. The molecule has 0 bridgehead atoms. The Morgan fingerprint density at radius 2 is 2.00 bits per heavy atom. The third kappa shape index (κ3) is 1.37. The van der Waals surface area contributed by atoms with Crippen LogP contribution >= 0.6 is 0 Å². The van der Waals surface area contributed by atoms with Gasteiger partial charge in [-0.3, -0.25) is 4.98 Å². The van der Waals surface area contributed by atoms with Gasteiger partial charge in [-0.15, -0.1) is 0 Å². The quantitative estimate of drug-likeness (QED) is 0.619. The highest BCUT2D eigenvalue weighted by atomic mass is 16.3. The number of hydrogen-bond acceptors (Lipinski definition) is 3. The van der Waals surface area contributed by atoms with Crippen LogP contribution in [0.25, 0.3) is 22.4 Å². The highest BCUT2D eigenvalue weighted by Crippen LogP contribution is 2.25. The Kier molecular flexibility index (Phi) is 1.96. The number of nitrogens with zero attached hydrogens (tertiary/aromatic N) is 2. The number of rotatable bonds is 1. The third-order valence-electron chi connectivity index (χ3n) is 2.50. The fourth-order valence-corrected chi connectivity index (χ4v) is 1.75. The molecule has 0 N–H and O–H groups in total. The molecule has 0 amide bonds. The summed E-state index contributed by atoms with van der Waals surface area (Å²) in [7, 11) is 0. The van der Waals surface area contributed by atoms with E-state index in [9.17, 15) is 0 Å². The van der Waals surface area contributed by atoms with Crippen molar-refractivity contribution in [3.8, 4) is 11.6 Å². The molecule has 0 saturated carbocycles. The van der Waals surface area contributed by atoms with Crippen molar-refractivity contribution in [1.82, 2.24) is 9.97 Å². The van der Waals surface area contributed by atoms with E-state index in [-0.39, 0.29) is 0 Å². The highest BCUT2D eigenvalue weighted by molar-refractivity contribution is 5.92. The summed E-state index contributed by atoms with van der Waals surface area (Å²) in [5.74, 6) is 0.578. The van der Waals surface area contributed by atoms with Gasteiger partial charge in [0.25, 0.3) is 0 Å². The van der Waals surface area contributed by atoms with Gasteiger partial charge in [0.15, 0.2) is 0 Å². The summed E-state index contributed by atoms with van der Waals surface area (Å²) in [4.78, 5) is 8.64. The average molecular weight is 210 g/mol. The van der Waals surface area contributed by atoms with Crippen LogP contribution in [-0.4, -0.2) is 9.97 Å². The largest absolute Gasteiger partial charge is 0.443 e. The normalized spacial score (nSPS) is 10.8. The van der Waals surface area contributed by atoms with E-state index in [1.165, 1.54) is 0 Å². The van der Waals surface area contributed by atoms with Crippen LogP contribution in [0.4, 0.5) is 0 Å². The summed E-state index contributed by atoms with van der Waals surface area (Å²) < 4.78 is 5.38. The zero-order valence-corrected chi connectivity index (χ0v) is 8.84. The van der Waals surface area contributed by atoms with Gasteiger partial charge in [0.1, 0.15) is 12.0 Å². The van der Waals surface area contributed by atoms with E-state index in [1.54, 1.807) is 12.5 Å². The Morgan fingerprint density at radius 1 is 1.12 bits per heavy atom. The van der Waals surface area contributed by atoms with Crippen molar-refractivity contribution in [2.24, 2.45) is 0 Å². The van der Waals surface area contributed by atoms with Gasteiger partial charge >= 0.3 is 0 Å². The van der Waals surface area contributed by atoms with Gasteiger partial charge in [-0.2, -0.15) is 0 Å². The standard InChI is InChI=1S/C13H10N2O/c1-9-8-16-13(15-9)12-11-5-3-2-4-10(11)6-7-14-12/h2-8H,1H3. The molecule has 3 heteroatoms. The van der Waals surface area contributed by atoms with E-state index in [2.05, 4.69) is 16.0 Å². The molecule has 0 atom stereocenters. The minimum atomic E-state index is 0.578. The first kappa shape index (κ1) is 9.09. The maximum Gasteiger partial charge on any atom is 0.245 e. The topological polar surface area (TPSA) is 38.9 Å². The van der Waals surface area contributed by atoms with Crippen LogP contribution in [0, 0.1) is 6.92 Å². The summed E-state index contributed by atoms with van der Waals surface area (Å²) in [6.45, 7) is 1.90. The molecular weight excluding hydrogens is 200 g/mol. The molecule has 1 aromatic carbocycles. The van der Waals surface area contributed by atoms with Gasteiger partial charge in [-0.1, -0.05) is 24.3 Å². The SMILES string of the molecule is Cc1coc(-c2nccc3ccccc23)n1. The number of benzene rings is 1. The van der Waals surface area contributed by atoms with Crippen molar-refractivity contribution in [2.75, 3.05) is 0 Å². The molecule has 0 fully saturated rings. The lowest BCUT2D eigenvalue weighted by Crippen LogP contribution is -1.85. The number of pyridine rings is 1. The van der Waals surface area contributed by atoms with E-state index >= 15 is 0 Å². The minimum absolute atomic E-state index is 0.578. The van der Waals surface area contributed by atoms with Gasteiger partial charge in [-0.25, -0.2) is 4.98 Å². The number of oxazole rings is 1. The van der Waals surface area contributed by atoms with Crippen molar-refractivity contribution in [3.05, 3.63) is 48.5 Å². The van der Waals surface area contributed by atoms with Crippen molar-refractivity contribution in [2.45, 2.75) is 6.92 Å². The lowest BCUT2D eigenvalue weighted by atomic mass is 10.1. The maximum atomic E-state index is 5.38. The lowest BCUT2D eigenvalue weighted by molar-refractivity contribution is 0.572. The Morgan fingerprint density at radius 3 is 2.81 bits per heavy atom. The molecule has 2 heterocycles. The van der Waals surface area contributed by atoms with E-state index < -0.39 is 0 Å². The first-order chi connectivity index (χ1) is 7.84. The van der Waals surface area contributed by atoms with Crippen molar-refractivity contribution < 1.29 is 4.42 Å². The van der Waals surface area contributed by atoms with Crippen LogP contribution in [0.1, 0.15) is 5.69 Å². The molecule has 0 radical (unpaired) electrons. The predicted molar refractivity (Wildman–Crippen MR) is 62.0 cm³/mol. The lowest BCUT2D eigenvalue weighted by Gasteiger charge is -2.00. The Labute approximate surface area is 92.8 Å². The molecule has 0 aliphatic heterocycles. The van der Waals surface area contributed by atoms with Crippen LogP contribution in [-0.2, 0) is 0 Å². The average Bonchev–Trinajstić information content (AvgIpc) is 2.75. The second kappa shape index (κ2) is 3.45.